The molecule has 0 spiro atoms. The number of ether oxygens (including phenoxy) is 2. The van der Waals surface area contributed by atoms with Crippen molar-refractivity contribution in [2.75, 3.05) is 13.2 Å². The van der Waals surface area contributed by atoms with E-state index in [4.69, 9.17) is 15.2 Å². The smallest absolute Gasteiger partial charge is 0.291 e. The minimum absolute atomic E-state index is 0.0870. The second-order valence-electron chi connectivity index (χ2n) is 2.26. The van der Waals surface area contributed by atoms with Crippen molar-refractivity contribution in [3.05, 3.63) is 0 Å². The summed E-state index contributed by atoms with van der Waals surface area (Å²) in [5, 5.41) is 0. The molecule has 0 atom stereocenters. The largest absolute Gasteiger partial charge is 0.471 e. The zero-order valence-corrected chi connectivity index (χ0v) is 6.50. The number of nitrogens with two attached hydrogens (primary N) is 1. The molecule has 60 valence electrons. The normalized spacial score (nSPS) is 17.9. The summed E-state index contributed by atoms with van der Waals surface area (Å²) in [6, 6.07) is -0.0870. The summed E-state index contributed by atoms with van der Waals surface area (Å²) >= 11 is 1.08. The summed E-state index contributed by atoms with van der Waals surface area (Å²) in [6.07, 6.45) is 0. The zero-order chi connectivity index (χ0) is 7.68. The summed E-state index contributed by atoms with van der Waals surface area (Å²) in [7, 11) is 0. The Bertz CT molecular complexity index is 229. The molecule has 1 aromatic heterocycles. The highest BCUT2D eigenvalue weighted by Gasteiger charge is 2.18. The lowest BCUT2D eigenvalue weighted by Gasteiger charge is -2.04. The van der Waals surface area contributed by atoms with Crippen LogP contribution in [0.5, 0.6) is 11.8 Å². The fraction of sp³-hybridized carbons (Fsp3) is 0.600. The first kappa shape index (κ1) is 6.81. The number of aromatic nitrogens is 2. The van der Waals surface area contributed by atoms with Crippen LogP contribution in [-0.4, -0.2) is 28.0 Å². The summed E-state index contributed by atoms with van der Waals surface area (Å²) in [5.41, 5.74) is 5.57. The molecule has 2 heterocycles. The van der Waals surface area contributed by atoms with E-state index in [0.717, 1.165) is 11.7 Å². The molecule has 0 fully saturated rings. The highest BCUT2D eigenvalue weighted by molar-refractivity contribution is 6.99. The molecule has 0 aliphatic carbocycles. The number of hydrogen-bond acceptors (Lipinski definition) is 6. The second kappa shape index (κ2) is 2.63. The van der Waals surface area contributed by atoms with Gasteiger partial charge in [-0.25, -0.2) is 0 Å². The van der Waals surface area contributed by atoms with Crippen molar-refractivity contribution in [2.24, 2.45) is 5.73 Å². The summed E-state index contributed by atoms with van der Waals surface area (Å²) < 4.78 is 18.1. The summed E-state index contributed by atoms with van der Waals surface area (Å²) in [6.45, 7) is 0.886. The zero-order valence-electron chi connectivity index (χ0n) is 5.69. The minimum atomic E-state index is -0.0870. The van der Waals surface area contributed by atoms with E-state index in [1.54, 1.807) is 0 Å². The Morgan fingerprint density at radius 3 is 2.36 bits per heavy atom. The first-order valence-electron chi connectivity index (χ1n) is 3.20. The monoisotopic (exact) mass is 173 g/mol. The standard InChI is InChI=1S/C5H7N3O2S/c6-3-1-9-4-5(10-2-3)8-11-7-4/h3H,1-2,6H2. The van der Waals surface area contributed by atoms with Crippen LogP contribution < -0.4 is 15.2 Å². The first-order valence-corrected chi connectivity index (χ1v) is 3.93. The van der Waals surface area contributed by atoms with Crippen LogP contribution in [0, 0.1) is 0 Å². The SMILES string of the molecule is NC1COc2nsnc2OC1. The molecule has 0 saturated heterocycles. The number of hydrogen-bond donors (Lipinski definition) is 1. The topological polar surface area (TPSA) is 70.3 Å². The Kier molecular flexibility index (Phi) is 1.63. The Labute approximate surface area is 67.4 Å². The van der Waals surface area contributed by atoms with Gasteiger partial charge >= 0.3 is 0 Å². The van der Waals surface area contributed by atoms with E-state index in [-0.39, 0.29) is 6.04 Å². The van der Waals surface area contributed by atoms with Crippen LogP contribution in [0.25, 0.3) is 0 Å². The van der Waals surface area contributed by atoms with Crippen LogP contribution in [0.2, 0.25) is 0 Å². The Hall–Kier alpha value is -0.880. The molecule has 1 aliphatic heterocycles. The van der Waals surface area contributed by atoms with Crippen LogP contribution >= 0.6 is 11.7 Å². The molecule has 0 amide bonds. The third-order valence-electron chi connectivity index (χ3n) is 1.30. The maximum atomic E-state index is 5.57. The predicted octanol–water partition coefficient (Wildman–Crippen LogP) is -0.363. The molecule has 1 aliphatic rings. The van der Waals surface area contributed by atoms with Crippen LogP contribution in [-0.2, 0) is 0 Å². The highest BCUT2D eigenvalue weighted by atomic mass is 32.1. The van der Waals surface area contributed by atoms with Crippen molar-refractivity contribution in [2.45, 2.75) is 6.04 Å². The highest BCUT2D eigenvalue weighted by Crippen LogP contribution is 2.25. The van der Waals surface area contributed by atoms with E-state index >= 15 is 0 Å². The van der Waals surface area contributed by atoms with Crippen LogP contribution in [0.4, 0.5) is 0 Å². The van der Waals surface area contributed by atoms with Crippen molar-refractivity contribution in [1.82, 2.24) is 8.75 Å². The van der Waals surface area contributed by atoms with E-state index in [9.17, 15) is 0 Å². The minimum Gasteiger partial charge on any atom is -0.471 e. The molecule has 5 nitrogen and oxygen atoms in total. The molecule has 0 bridgehead atoms. The maximum absolute atomic E-state index is 5.57. The van der Waals surface area contributed by atoms with Gasteiger partial charge in [-0.05, 0) is 0 Å². The van der Waals surface area contributed by atoms with E-state index < -0.39 is 0 Å². The fourth-order valence-electron chi connectivity index (χ4n) is 0.769. The van der Waals surface area contributed by atoms with E-state index in [1.807, 2.05) is 0 Å². The average molecular weight is 173 g/mol. The van der Waals surface area contributed by atoms with Gasteiger partial charge < -0.3 is 15.2 Å². The van der Waals surface area contributed by atoms with Gasteiger partial charge in [0, 0.05) is 0 Å². The van der Waals surface area contributed by atoms with Crippen LogP contribution in [0.15, 0.2) is 0 Å². The van der Waals surface area contributed by atoms with Crippen LogP contribution in [0.1, 0.15) is 0 Å². The summed E-state index contributed by atoms with van der Waals surface area (Å²) in [4.78, 5) is 0. The lowest BCUT2D eigenvalue weighted by atomic mass is 10.4. The Balaban J connectivity index is 2.20. The maximum Gasteiger partial charge on any atom is 0.291 e. The summed E-state index contributed by atoms with van der Waals surface area (Å²) in [5.74, 6) is 0.922. The third-order valence-corrected chi connectivity index (χ3v) is 1.79. The number of fused-ring (bicyclic) bond motifs is 1. The van der Waals surface area contributed by atoms with Gasteiger partial charge in [-0.2, -0.15) is 0 Å². The van der Waals surface area contributed by atoms with Crippen LogP contribution in [0.3, 0.4) is 0 Å². The Morgan fingerprint density at radius 1 is 1.27 bits per heavy atom. The average Bonchev–Trinajstić information content (AvgIpc) is 2.38. The molecule has 2 rings (SSSR count). The number of nitrogens with zero attached hydrogens (tertiary/aromatic N) is 2. The van der Waals surface area contributed by atoms with Gasteiger partial charge in [0.2, 0.25) is 0 Å². The van der Waals surface area contributed by atoms with Crippen molar-refractivity contribution < 1.29 is 9.47 Å². The molecule has 6 heteroatoms. The number of rotatable bonds is 0. The molecule has 2 N–H and O–H groups in total. The van der Waals surface area contributed by atoms with E-state index in [0.29, 0.717) is 25.0 Å². The quantitative estimate of drug-likeness (QED) is 0.580. The van der Waals surface area contributed by atoms with Gasteiger partial charge in [-0.3, -0.25) is 0 Å². The van der Waals surface area contributed by atoms with Crippen molar-refractivity contribution >= 4 is 11.7 Å². The fourth-order valence-corrected chi connectivity index (χ4v) is 1.22. The molecule has 11 heavy (non-hydrogen) atoms. The van der Waals surface area contributed by atoms with Crippen molar-refractivity contribution in [3.63, 3.8) is 0 Å². The second-order valence-corrected chi connectivity index (χ2v) is 2.79. The van der Waals surface area contributed by atoms with Gasteiger partial charge in [-0.15, -0.1) is 8.75 Å². The molecule has 1 aromatic rings. The molecule has 0 saturated carbocycles. The molecule has 0 unspecified atom stereocenters. The Morgan fingerprint density at radius 2 is 1.82 bits per heavy atom. The van der Waals surface area contributed by atoms with Crippen molar-refractivity contribution in [3.8, 4) is 11.8 Å². The van der Waals surface area contributed by atoms with Gasteiger partial charge in [0.15, 0.2) is 0 Å². The predicted molar refractivity (Wildman–Crippen MR) is 38.9 cm³/mol. The lowest BCUT2D eigenvalue weighted by Crippen LogP contribution is -2.32. The van der Waals surface area contributed by atoms with Gasteiger partial charge in [0.05, 0.1) is 17.8 Å². The van der Waals surface area contributed by atoms with Crippen molar-refractivity contribution in [1.29, 1.82) is 0 Å². The third kappa shape index (κ3) is 1.26. The van der Waals surface area contributed by atoms with Gasteiger partial charge in [-0.1, -0.05) is 0 Å². The molecule has 0 aromatic carbocycles. The van der Waals surface area contributed by atoms with Gasteiger partial charge in [0.1, 0.15) is 13.2 Å². The molecule has 0 radical (unpaired) electrons. The van der Waals surface area contributed by atoms with Gasteiger partial charge in [0.25, 0.3) is 11.8 Å². The molecular formula is C5H7N3O2S. The lowest BCUT2D eigenvalue weighted by molar-refractivity contribution is 0.259. The molecular weight excluding hydrogens is 166 g/mol. The van der Waals surface area contributed by atoms with E-state index in [2.05, 4.69) is 8.75 Å². The van der Waals surface area contributed by atoms with E-state index in [1.165, 1.54) is 0 Å². The first-order chi connectivity index (χ1) is 5.36.